The number of carbonyl (C=O) groups is 2. The van der Waals surface area contributed by atoms with Gasteiger partial charge in [-0.2, -0.15) is 0 Å². The summed E-state index contributed by atoms with van der Waals surface area (Å²) in [5.41, 5.74) is 10.1. The number of nitrogens with two attached hydrogens (primary N) is 1. The Morgan fingerprint density at radius 3 is 2.39 bits per heavy atom. The fourth-order valence-electron chi connectivity index (χ4n) is 4.59. The lowest BCUT2D eigenvalue weighted by Crippen LogP contribution is -2.66. The standard InChI is InChI=1S/C22H25N3O3/c23-22(17-11-9-16(10-12-17)15-5-2-1-3-6-15)14-13-18-7-4-8-19(20(26)24-28)25(18)21(22)27/h1-3,5-6,9-12,18-19,28H,4,7-8,13-14,23H2,(H,24,26)/t18?,19-,22-/m1/s1. The van der Waals surface area contributed by atoms with Crippen LogP contribution < -0.4 is 11.2 Å². The molecule has 2 saturated heterocycles. The van der Waals surface area contributed by atoms with Crippen LogP contribution in [0.4, 0.5) is 0 Å². The summed E-state index contributed by atoms with van der Waals surface area (Å²) in [6.45, 7) is 0. The van der Waals surface area contributed by atoms with E-state index in [4.69, 9.17) is 10.9 Å². The zero-order valence-corrected chi connectivity index (χ0v) is 15.7. The molecule has 0 radical (unpaired) electrons. The van der Waals surface area contributed by atoms with Crippen molar-refractivity contribution in [2.45, 2.75) is 49.7 Å². The number of benzene rings is 2. The third-order valence-corrected chi connectivity index (χ3v) is 6.15. The lowest BCUT2D eigenvalue weighted by molar-refractivity contribution is -0.157. The van der Waals surface area contributed by atoms with Crippen LogP contribution in [0.2, 0.25) is 0 Å². The molecule has 146 valence electrons. The van der Waals surface area contributed by atoms with E-state index in [0.717, 1.165) is 36.0 Å². The van der Waals surface area contributed by atoms with Crippen molar-refractivity contribution < 1.29 is 14.8 Å². The van der Waals surface area contributed by atoms with Gasteiger partial charge in [-0.3, -0.25) is 14.8 Å². The zero-order valence-electron chi connectivity index (χ0n) is 15.7. The van der Waals surface area contributed by atoms with E-state index in [0.29, 0.717) is 12.8 Å². The summed E-state index contributed by atoms with van der Waals surface area (Å²) in [6.07, 6.45) is 3.56. The first kappa shape index (κ1) is 18.7. The van der Waals surface area contributed by atoms with E-state index in [-0.39, 0.29) is 11.9 Å². The summed E-state index contributed by atoms with van der Waals surface area (Å²) in [5.74, 6) is -0.772. The van der Waals surface area contributed by atoms with Crippen molar-refractivity contribution in [3.8, 4) is 11.1 Å². The normalized spacial score (nSPS) is 27.2. The maximum atomic E-state index is 13.4. The van der Waals surface area contributed by atoms with Crippen LogP contribution in [-0.2, 0) is 15.1 Å². The Morgan fingerprint density at radius 2 is 1.71 bits per heavy atom. The zero-order chi connectivity index (χ0) is 19.7. The highest BCUT2D eigenvalue weighted by molar-refractivity contribution is 5.93. The van der Waals surface area contributed by atoms with Gasteiger partial charge in [-0.05, 0) is 48.8 Å². The van der Waals surface area contributed by atoms with Crippen molar-refractivity contribution in [1.29, 1.82) is 0 Å². The van der Waals surface area contributed by atoms with Crippen LogP contribution in [0.5, 0.6) is 0 Å². The Labute approximate surface area is 164 Å². The van der Waals surface area contributed by atoms with Crippen molar-refractivity contribution in [3.05, 3.63) is 60.2 Å². The lowest BCUT2D eigenvalue weighted by Gasteiger charge is -2.49. The number of fused-ring (bicyclic) bond motifs is 1. The number of hydrogen-bond donors (Lipinski definition) is 3. The minimum atomic E-state index is -1.16. The summed E-state index contributed by atoms with van der Waals surface area (Å²) in [5, 5.41) is 9.08. The Bertz CT molecular complexity index is 868. The summed E-state index contributed by atoms with van der Waals surface area (Å²) < 4.78 is 0. The summed E-state index contributed by atoms with van der Waals surface area (Å²) in [4.78, 5) is 27.1. The fraction of sp³-hybridized carbons (Fsp3) is 0.364. The highest BCUT2D eigenvalue weighted by Crippen LogP contribution is 2.39. The third-order valence-electron chi connectivity index (χ3n) is 6.15. The van der Waals surface area contributed by atoms with E-state index in [9.17, 15) is 9.59 Å². The van der Waals surface area contributed by atoms with E-state index >= 15 is 0 Å². The van der Waals surface area contributed by atoms with E-state index in [2.05, 4.69) is 0 Å². The first-order valence-corrected chi connectivity index (χ1v) is 9.76. The highest BCUT2D eigenvalue weighted by atomic mass is 16.5. The van der Waals surface area contributed by atoms with Crippen molar-refractivity contribution in [2.75, 3.05) is 0 Å². The Morgan fingerprint density at radius 1 is 1.04 bits per heavy atom. The predicted molar refractivity (Wildman–Crippen MR) is 105 cm³/mol. The second-order valence-electron chi connectivity index (χ2n) is 7.74. The summed E-state index contributed by atoms with van der Waals surface area (Å²) in [6, 6.07) is 17.1. The summed E-state index contributed by atoms with van der Waals surface area (Å²) in [7, 11) is 0. The molecule has 2 aromatic rings. The molecular weight excluding hydrogens is 354 g/mol. The lowest BCUT2D eigenvalue weighted by atomic mass is 9.76. The maximum absolute atomic E-state index is 13.4. The number of hydrogen-bond acceptors (Lipinski definition) is 4. The van der Waals surface area contributed by atoms with Crippen LogP contribution in [0, 0.1) is 0 Å². The number of rotatable bonds is 3. The predicted octanol–water partition coefficient (Wildman–Crippen LogP) is 2.56. The monoisotopic (exact) mass is 379 g/mol. The maximum Gasteiger partial charge on any atom is 0.266 e. The molecule has 3 atom stereocenters. The number of piperidine rings is 2. The van der Waals surface area contributed by atoms with Gasteiger partial charge in [0, 0.05) is 6.04 Å². The van der Waals surface area contributed by atoms with Gasteiger partial charge in [0.25, 0.3) is 5.91 Å². The molecule has 2 heterocycles. The molecule has 2 amide bonds. The second-order valence-corrected chi connectivity index (χ2v) is 7.74. The molecule has 0 bridgehead atoms. The molecule has 4 rings (SSSR count). The number of hydroxylamine groups is 1. The number of amides is 2. The van der Waals surface area contributed by atoms with Crippen molar-refractivity contribution in [3.63, 3.8) is 0 Å². The van der Waals surface area contributed by atoms with Crippen LogP contribution >= 0.6 is 0 Å². The summed E-state index contributed by atoms with van der Waals surface area (Å²) >= 11 is 0. The Kier molecular flexibility index (Phi) is 4.91. The highest BCUT2D eigenvalue weighted by Gasteiger charge is 2.50. The van der Waals surface area contributed by atoms with Crippen LogP contribution in [0.1, 0.15) is 37.7 Å². The average molecular weight is 379 g/mol. The molecule has 0 saturated carbocycles. The molecule has 2 aromatic carbocycles. The van der Waals surface area contributed by atoms with Crippen LogP contribution in [0.3, 0.4) is 0 Å². The number of nitrogens with zero attached hydrogens (tertiary/aromatic N) is 1. The molecule has 0 aromatic heterocycles. The minimum absolute atomic E-state index is 0.00353. The van der Waals surface area contributed by atoms with Gasteiger partial charge in [0.15, 0.2) is 0 Å². The third kappa shape index (κ3) is 3.08. The van der Waals surface area contributed by atoms with Gasteiger partial charge in [0.1, 0.15) is 11.6 Å². The largest absolute Gasteiger partial charge is 0.326 e. The van der Waals surface area contributed by atoms with Gasteiger partial charge in [-0.25, -0.2) is 5.48 Å². The van der Waals surface area contributed by atoms with Crippen molar-refractivity contribution >= 4 is 11.8 Å². The molecule has 0 spiro atoms. The van der Waals surface area contributed by atoms with Crippen LogP contribution in [-0.4, -0.2) is 34.0 Å². The van der Waals surface area contributed by atoms with Crippen molar-refractivity contribution in [2.24, 2.45) is 5.73 Å². The SMILES string of the molecule is N[C@@]1(c2ccc(-c3ccccc3)cc2)CCC2CCC[C@H](C(=O)NO)N2C1=O. The Balaban J connectivity index is 1.64. The topological polar surface area (TPSA) is 95.7 Å². The van der Waals surface area contributed by atoms with Gasteiger partial charge in [-0.1, -0.05) is 54.6 Å². The smallest absolute Gasteiger partial charge is 0.266 e. The quantitative estimate of drug-likeness (QED) is 0.564. The first-order chi connectivity index (χ1) is 13.5. The van der Waals surface area contributed by atoms with Crippen molar-refractivity contribution in [1.82, 2.24) is 10.4 Å². The van der Waals surface area contributed by atoms with E-state index in [1.165, 1.54) is 0 Å². The molecule has 0 aliphatic carbocycles. The molecule has 6 nitrogen and oxygen atoms in total. The van der Waals surface area contributed by atoms with Crippen LogP contribution in [0.25, 0.3) is 11.1 Å². The van der Waals surface area contributed by atoms with E-state index in [1.807, 2.05) is 54.6 Å². The van der Waals surface area contributed by atoms with Gasteiger partial charge in [0.2, 0.25) is 5.91 Å². The molecule has 2 aliphatic heterocycles. The van der Waals surface area contributed by atoms with E-state index in [1.54, 1.807) is 10.4 Å². The average Bonchev–Trinajstić information content (AvgIpc) is 2.76. The molecule has 2 aliphatic rings. The fourth-order valence-corrected chi connectivity index (χ4v) is 4.59. The second kappa shape index (κ2) is 7.37. The van der Waals surface area contributed by atoms with Gasteiger partial charge < -0.3 is 10.6 Å². The van der Waals surface area contributed by atoms with E-state index < -0.39 is 17.5 Å². The first-order valence-electron chi connectivity index (χ1n) is 9.76. The molecule has 2 fully saturated rings. The molecule has 4 N–H and O–H groups in total. The molecule has 6 heteroatoms. The van der Waals surface area contributed by atoms with Gasteiger partial charge in [-0.15, -0.1) is 0 Å². The van der Waals surface area contributed by atoms with Gasteiger partial charge >= 0.3 is 0 Å². The number of nitrogens with one attached hydrogen (secondary N) is 1. The number of carbonyl (C=O) groups excluding carboxylic acids is 2. The molecular formula is C22H25N3O3. The minimum Gasteiger partial charge on any atom is -0.326 e. The molecule has 1 unspecified atom stereocenters. The van der Waals surface area contributed by atoms with Crippen LogP contribution in [0.15, 0.2) is 54.6 Å². The Hall–Kier alpha value is -2.70. The molecule has 28 heavy (non-hydrogen) atoms. The van der Waals surface area contributed by atoms with Gasteiger partial charge in [0.05, 0.1) is 0 Å².